The van der Waals surface area contributed by atoms with E-state index in [0.717, 1.165) is 23.0 Å². The number of halogens is 1. The van der Waals surface area contributed by atoms with Crippen molar-refractivity contribution in [3.8, 4) is 0 Å². The number of hydrogen-bond acceptors (Lipinski definition) is 7. The number of nitrogens with one attached hydrogen (secondary N) is 1. The van der Waals surface area contributed by atoms with Gasteiger partial charge in [-0.2, -0.15) is 4.31 Å². The third kappa shape index (κ3) is 5.23. The summed E-state index contributed by atoms with van der Waals surface area (Å²) in [6.07, 6.45) is 1.37. The third-order valence-corrected chi connectivity index (χ3v) is 6.38. The van der Waals surface area contributed by atoms with Crippen molar-refractivity contribution in [2.24, 2.45) is 4.99 Å². The summed E-state index contributed by atoms with van der Waals surface area (Å²) < 4.78 is 36.4. The van der Waals surface area contributed by atoms with E-state index >= 15 is 0 Å². The molecule has 3 heterocycles. The van der Waals surface area contributed by atoms with E-state index in [2.05, 4.69) is 20.6 Å². The lowest BCUT2D eigenvalue weighted by atomic mass is 10.2. The summed E-state index contributed by atoms with van der Waals surface area (Å²) in [6, 6.07) is 1.56. The number of aryl methyl sites for hydroxylation is 2. The fourth-order valence-corrected chi connectivity index (χ4v) is 4.45. The maximum Gasteiger partial charge on any atom is 0.220 e. The minimum atomic E-state index is -3.42. The van der Waals surface area contributed by atoms with Crippen molar-refractivity contribution in [3.63, 3.8) is 0 Å². The van der Waals surface area contributed by atoms with Crippen molar-refractivity contribution in [3.05, 3.63) is 35.0 Å². The molecule has 10 nitrogen and oxygen atoms in total. The van der Waals surface area contributed by atoms with E-state index < -0.39 is 10.0 Å². The van der Waals surface area contributed by atoms with Gasteiger partial charge in [0.15, 0.2) is 5.96 Å². The van der Waals surface area contributed by atoms with Crippen molar-refractivity contribution in [2.45, 2.75) is 26.1 Å². The Bertz CT molecular complexity index is 869. The molecule has 1 aliphatic rings. The molecule has 28 heavy (non-hydrogen) atoms. The van der Waals surface area contributed by atoms with Crippen LogP contribution in [0.4, 0.5) is 0 Å². The number of rotatable bonds is 5. The predicted molar refractivity (Wildman–Crippen MR) is 114 cm³/mol. The minimum absolute atomic E-state index is 0. The second-order valence-corrected chi connectivity index (χ2v) is 8.31. The molecule has 0 atom stereocenters. The average molecular weight is 524 g/mol. The monoisotopic (exact) mass is 524 g/mol. The highest BCUT2D eigenvalue weighted by atomic mass is 127. The Morgan fingerprint density at radius 2 is 1.96 bits per heavy atom. The molecule has 0 saturated carbocycles. The largest absolute Gasteiger partial charge is 0.364 e. The molecule has 1 saturated heterocycles. The highest BCUT2D eigenvalue weighted by molar-refractivity contribution is 14.0. The van der Waals surface area contributed by atoms with Crippen LogP contribution in [0.5, 0.6) is 0 Å². The molecule has 2 aromatic rings. The van der Waals surface area contributed by atoms with Gasteiger partial charge in [0.25, 0.3) is 0 Å². The number of aliphatic imine (C=N–C) groups is 1. The maximum absolute atomic E-state index is 12.5. The molecule has 12 heteroatoms. The van der Waals surface area contributed by atoms with E-state index in [-0.39, 0.29) is 29.7 Å². The van der Waals surface area contributed by atoms with E-state index in [4.69, 9.17) is 9.05 Å². The van der Waals surface area contributed by atoms with Gasteiger partial charge in [-0.1, -0.05) is 10.3 Å². The molecule has 1 aliphatic heterocycles. The zero-order valence-corrected chi connectivity index (χ0v) is 19.2. The summed E-state index contributed by atoms with van der Waals surface area (Å²) in [5, 5.41) is 10.9. The zero-order valence-electron chi connectivity index (χ0n) is 16.1. The van der Waals surface area contributed by atoms with Crippen molar-refractivity contribution >= 4 is 40.0 Å². The predicted octanol–water partition coefficient (Wildman–Crippen LogP) is 1.12. The second-order valence-electron chi connectivity index (χ2n) is 6.34. The fourth-order valence-electron chi connectivity index (χ4n) is 3.02. The van der Waals surface area contributed by atoms with Gasteiger partial charge >= 0.3 is 0 Å². The molecule has 0 unspecified atom stereocenters. The third-order valence-electron chi connectivity index (χ3n) is 4.57. The summed E-state index contributed by atoms with van der Waals surface area (Å²) in [4.78, 5) is 6.35. The first-order valence-corrected chi connectivity index (χ1v) is 10.3. The number of guanidine groups is 1. The highest BCUT2D eigenvalue weighted by Gasteiger charge is 2.29. The van der Waals surface area contributed by atoms with E-state index in [9.17, 15) is 8.42 Å². The van der Waals surface area contributed by atoms with E-state index in [1.807, 2.05) is 18.7 Å². The Morgan fingerprint density at radius 1 is 1.25 bits per heavy atom. The molecule has 0 spiro atoms. The van der Waals surface area contributed by atoms with Gasteiger partial charge in [-0.15, -0.1) is 24.0 Å². The molecule has 1 N–H and O–H groups in total. The van der Waals surface area contributed by atoms with Crippen molar-refractivity contribution in [1.29, 1.82) is 0 Å². The summed E-state index contributed by atoms with van der Waals surface area (Å²) in [6.45, 7) is 6.22. The lowest BCUT2D eigenvalue weighted by Gasteiger charge is -2.35. The van der Waals surface area contributed by atoms with Gasteiger partial charge in [0.05, 0.1) is 11.4 Å². The molecule has 1 fully saturated rings. The van der Waals surface area contributed by atoms with Gasteiger partial charge < -0.3 is 19.3 Å². The lowest BCUT2D eigenvalue weighted by Crippen LogP contribution is -2.53. The highest BCUT2D eigenvalue weighted by Crippen LogP contribution is 2.14. The topological polar surface area (TPSA) is 117 Å². The molecule has 156 valence electrons. The molecule has 3 rings (SSSR count). The van der Waals surface area contributed by atoms with Gasteiger partial charge in [0, 0.05) is 51.4 Å². The molecular formula is C16H25IN6O4S. The second kappa shape index (κ2) is 9.69. The summed E-state index contributed by atoms with van der Waals surface area (Å²) in [5.74, 6) is 1.35. The van der Waals surface area contributed by atoms with Gasteiger partial charge in [-0.3, -0.25) is 4.99 Å². The zero-order chi connectivity index (χ0) is 19.4. The van der Waals surface area contributed by atoms with Crippen LogP contribution in [0.2, 0.25) is 0 Å². The van der Waals surface area contributed by atoms with Crippen LogP contribution in [0.15, 0.2) is 26.4 Å². The standard InChI is InChI=1S/C16H24N6O4S.HI/c1-12-15(13(2)26-19-12)10-18-16(17-3)21-5-7-22(8-6-21)27(23,24)11-14-4-9-25-20-14;/h4,9H,5-8,10-11H2,1-3H3,(H,17,18);1H. The van der Waals surface area contributed by atoms with Crippen LogP contribution in [0.25, 0.3) is 0 Å². The number of nitrogens with zero attached hydrogens (tertiary/aromatic N) is 5. The summed E-state index contributed by atoms with van der Waals surface area (Å²) in [7, 11) is -1.71. The molecule has 2 aromatic heterocycles. The Morgan fingerprint density at radius 3 is 2.50 bits per heavy atom. The quantitative estimate of drug-likeness (QED) is 0.352. The van der Waals surface area contributed by atoms with Gasteiger partial charge in [0.2, 0.25) is 10.0 Å². The maximum atomic E-state index is 12.5. The molecule has 0 aromatic carbocycles. The molecule has 0 bridgehead atoms. The van der Waals surface area contributed by atoms with Crippen LogP contribution in [0, 0.1) is 13.8 Å². The molecular weight excluding hydrogens is 499 g/mol. The number of piperazine rings is 1. The first-order valence-electron chi connectivity index (χ1n) is 8.65. The van der Waals surface area contributed by atoms with Crippen molar-refractivity contribution in [1.82, 2.24) is 24.8 Å². The van der Waals surface area contributed by atoms with E-state index in [1.54, 1.807) is 13.1 Å². The molecule has 0 aliphatic carbocycles. The number of aromatic nitrogens is 2. The average Bonchev–Trinajstić information content (AvgIpc) is 3.26. The normalized spacial score (nSPS) is 16.1. The summed E-state index contributed by atoms with van der Waals surface area (Å²) >= 11 is 0. The van der Waals surface area contributed by atoms with E-state index in [0.29, 0.717) is 38.4 Å². The van der Waals surface area contributed by atoms with Crippen LogP contribution >= 0.6 is 24.0 Å². The lowest BCUT2D eigenvalue weighted by molar-refractivity contribution is 0.259. The number of sulfonamides is 1. The SMILES string of the molecule is CN=C(NCc1c(C)noc1C)N1CCN(S(=O)(=O)Cc2ccon2)CC1.I. The van der Waals surface area contributed by atoms with Crippen molar-refractivity contribution < 1.29 is 17.5 Å². The number of hydrogen-bond donors (Lipinski definition) is 1. The van der Waals surface area contributed by atoms with Crippen LogP contribution in [0.3, 0.4) is 0 Å². The molecule has 0 radical (unpaired) electrons. The molecule has 0 amide bonds. The first-order chi connectivity index (χ1) is 12.9. The van der Waals surface area contributed by atoms with Crippen LogP contribution < -0.4 is 5.32 Å². The van der Waals surface area contributed by atoms with Gasteiger partial charge in [0.1, 0.15) is 17.8 Å². The van der Waals surface area contributed by atoms with Crippen LogP contribution in [-0.4, -0.2) is 67.1 Å². The smallest absolute Gasteiger partial charge is 0.220 e. The fraction of sp³-hybridized carbons (Fsp3) is 0.562. The van der Waals surface area contributed by atoms with Crippen LogP contribution in [-0.2, 0) is 22.3 Å². The van der Waals surface area contributed by atoms with Crippen molar-refractivity contribution in [2.75, 3.05) is 33.2 Å². The van der Waals surface area contributed by atoms with Gasteiger partial charge in [-0.05, 0) is 13.8 Å². The van der Waals surface area contributed by atoms with E-state index in [1.165, 1.54) is 10.6 Å². The summed E-state index contributed by atoms with van der Waals surface area (Å²) in [5.41, 5.74) is 2.26. The first kappa shape index (κ1) is 22.6. The Labute approximate surface area is 181 Å². The Balaban J connectivity index is 0.00000280. The van der Waals surface area contributed by atoms with Gasteiger partial charge in [-0.25, -0.2) is 8.42 Å². The Kier molecular flexibility index (Phi) is 7.83. The minimum Gasteiger partial charge on any atom is -0.364 e. The van der Waals surface area contributed by atoms with Crippen LogP contribution in [0.1, 0.15) is 22.7 Å². The Hall–Kier alpha value is -1.67.